The van der Waals surface area contributed by atoms with E-state index in [1.807, 2.05) is 13.0 Å². The minimum Gasteiger partial charge on any atom is -0.481 e. The number of rotatable bonds is 3. The molecule has 0 saturated carbocycles. The molecule has 1 unspecified atom stereocenters. The summed E-state index contributed by atoms with van der Waals surface area (Å²) in [7, 11) is -3.55. The van der Waals surface area contributed by atoms with Crippen LogP contribution in [0.1, 0.15) is 23.3 Å². The van der Waals surface area contributed by atoms with Gasteiger partial charge in [0.2, 0.25) is 0 Å². The van der Waals surface area contributed by atoms with Crippen LogP contribution < -0.4 is 0 Å². The zero-order valence-electron chi connectivity index (χ0n) is 10.9. The van der Waals surface area contributed by atoms with Gasteiger partial charge in [-0.2, -0.15) is 4.31 Å². The van der Waals surface area contributed by atoms with Crippen LogP contribution in [-0.2, 0) is 14.8 Å². The van der Waals surface area contributed by atoms with E-state index in [-0.39, 0.29) is 6.54 Å². The molecule has 0 aliphatic carbocycles. The summed E-state index contributed by atoms with van der Waals surface area (Å²) < 4.78 is 26.7. The number of carboxylic acid groups (broad SMARTS) is 1. The highest BCUT2D eigenvalue weighted by Crippen LogP contribution is 2.31. The molecule has 1 atom stereocenters. The van der Waals surface area contributed by atoms with Gasteiger partial charge in [0.05, 0.1) is 5.92 Å². The van der Waals surface area contributed by atoms with Crippen LogP contribution >= 0.6 is 11.3 Å². The number of piperidine rings is 1. The van der Waals surface area contributed by atoms with Crippen LogP contribution in [0, 0.1) is 19.8 Å². The van der Waals surface area contributed by atoms with Crippen molar-refractivity contribution < 1.29 is 18.3 Å². The van der Waals surface area contributed by atoms with Gasteiger partial charge in [-0.1, -0.05) is 0 Å². The Balaban J connectivity index is 2.29. The SMILES string of the molecule is Cc1cc(C)c(S(=O)(=O)N2CCCC(C(=O)O)C2)s1. The molecule has 5 nitrogen and oxygen atoms in total. The summed E-state index contributed by atoms with van der Waals surface area (Å²) in [6.07, 6.45) is 1.14. The van der Waals surface area contributed by atoms with Crippen molar-refractivity contribution in [2.75, 3.05) is 13.1 Å². The zero-order chi connectivity index (χ0) is 14.2. The van der Waals surface area contributed by atoms with E-state index in [1.54, 1.807) is 6.92 Å². The Kier molecular flexibility index (Phi) is 3.98. The van der Waals surface area contributed by atoms with Crippen molar-refractivity contribution in [1.82, 2.24) is 4.31 Å². The summed E-state index contributed by atoms with van der Waals surface area (Å²) in [6.45, 7) is 4.12. The second-order valence-electron chi connectivity index (χ2n) is 4.87. The number of carbonyl (C=O) groups is 1. The first kappa shape index (κ1) is 14.5. The van der Waals surface area contributed by atoms with Gasteiger partial charge in [-0.15, -0.1) is 11.3 Å². The molecule has 1 aliphatic heterocycles. The first-order chi connectivity index (χ1) is 8.82. The third-order valence-corrected chi connectivity index (χ3v) is 6.93. The van der Waals surface area contributed by atoms with E-state index in [1.165, 1.54) is 15.6 Å². The predicted octanol–water partition coefficient (Wildman–Crippen LogP) is 1.85. The van der Waals surface area contributed by atoms with Crippen LogP contribution in [0.2, 0.25) is 0 Å². The van der Waals surface area contributed by atoms with Gasteiger partial charge in [-0.25, -0.2) is 8.42 Å². The summed E-state index contributed by atoms with van der Waals surface area (Å²) in [5.41, 5.74) is 0.736. The lowest BCUT2D eigenvalue weighted by molar-refractivity contribution is -0.142. The van der Waals surface area contributed by atoms with Gasteiger partial charge in [-0.3, -0.25) is 4.79 Å². The van der Waals surface area contributed by atoms with Gasteiger partial charge in [0, 0.05) is 18.0 Å². The molecule has 0 spiro atoms. The van der Waals surface area contributed by atoms with Crippen LogP contribution in [-0.4, -0.2) is 36.9 Å². The molecule has 1 aromatic heterocycles. The van der Waals surface area contributed by atoms with Gasteiger partial charge < -0.3 is 5.11 Å². The highest BCUT2D eigenvalue weighted by Gasteiger charge is 2.34. The Hall–Kier alpha value is -0.920. The third-order valence-electron chi connectivity index (χ3n) is 3.30. The first-order valence-electron chi connectivity index (χ1n) is 6.12. The van der Waals surface area contributed by atoms with E-state index in [9.17, 15) is 13.2 Å². The molecule has 106 valence electrons. The monoisotopic (exact) mass is 303 g/mol. The smallest absolute Gasteiger partial charge is 0.307 e. The molecule has 7 heteroatoms. The van der Waals surface area contributed by atoms with Crippen LogP contribution in [0.3, 0.4) is 0 Å². The summed E-state index contributed by atoms with van der Waals surface area (Å²) >= 11 is 1.25. The fourth-order valence-corrected chi connectivity index (χ4v) is 5.68. The van der Waals surface area contributed by atoms with Crippen molar-refractivity contribution in [2.24, 2.45) is 5.92 Å². The summed E-state index contributed by atoms with van der Waals surface area (Å²) in [4.78, 5) is 12.0. The van der Waals surface area contributed by atoms with Crippen LogP contribution in [0.15, 0.2) is 10.3 Å². The molecule has 0 aromatic carbocycles. The number of hydrogen-bond donors (Lipinski definition) is 1. The highest BCUT2D eigenvalue weighted by atomic mass is 32.2. The Morgan fingerprint density at radius 3 is 2.68 bits per heavy atom. The maximum Gasteiger partial charge on any atom is 0.307 e. The van der Waals surface area contributed by atoms with Gasteiger partial charge in [0.15, 0.2) is 0 Å². The molecular formula is C12H17NO4S2. The van der Waals surface area contributed by atoms with Gasteiger partial charge in [-0.05, 0) is 38.3 Å². The van der Waals surface area contributed by atoms with Crippen molar-refractivity contribution in [1.29, 1.82) is 0 Å². The first-order valence-corrected chi connectivity index (χ1v) is 8.38. The maximum absolute atomic E-state index is 12.5. The highest BCUT2D eigenvalue weighted by molar-refractivity contribution is 7.91. The van der Waals surface area contributed by atoms with E-state index in [4.69, 9.17) is 5.11 Å². The topological polar surface area (TPSA) is 74.7 Å². The number of nitrogens with zero attached hydrogens (tertiary/aromatic N) is 1. The quantitative estimate of drug-likeness (QED) is 0.924. The molecule has 0 radical (unpaired) electrons. The van der Waals surface area contributed by atoms with E-state index in [0.717, 1.165) is 10.4 Å². The number of thiophene rings is 1. The number of aliphatic carboxylic acids is 1. The molecule has 19 heavy (non-hydrogen) atoms. The molecular weight excluding hydrogens is 286 g/mol. The van der Waals surface area contributed by atoms with Crippen molar-refractivity contribution >= 4 is 27.3 Å². The molecule has 2 rings (SSSR count). The number of hydrogen-bond acceptors (Lipinski definition) is 4. The second kappa shape index (κ2) is 5.22. The Morgan fingerprint density at radius 1 is 1.47 bits per heavy atom. The fraction of sp³-hybridized carbons (Fsp3) is 0.583. The molecule has 0 bridgehead atoms. The maximum atomic E-state index is 12.5. The Labute approximate surface area is 116 Å². The average molecular weight is 303 g/mol. The summed E-state index contributed by atoms with van der Waals surface area (Å²) in [5, 5.41) is 9.03. The lowest BCUT2D eigenvalue weighted by atomic mass is 10.0. The predicted molar refractivity (Wildman–Crippen MR) is 72.9 cm³/mol. The van der Waals surface area contributed by atoms with Crippen molar-refractivity contribution in [2.45, 2.75) is 30.9 Å². The van der Waals surface area contributed by atoms with Gasteiger partial charge in [0.1, 0.15) is 4.21 Å². The molecule has 1 fully saturated rings. The van der Waals surface area contributed by atoms with Crippen molar-refractivity contribution in [3.05, 3.63) is 16.5 Å². The molecule has 1 aliphatic rings. The fourth-order valence-electron chi connectivity index (χ4n) is 2.36. The number of sulfonamides is 1. The number of aryl methyl sites for hydroxylation is 2. The number of carboxylic acids is 1. The minimum absolute atomic E-state index is 0.0774. The van der Waals surface area contributed by atoms with Crippen LogP contribution in [0.25, 0.3) is 0 Å². The molecule has 0 amide bonds. The minimum atomic E-state index is -3.55. The van der Waals surface area contributed by atoms with E-state index >= 15 is 0 Å². The largest absolute Gasteiger partial charge is 0.481 e. The lowest BCUT2D eigenvalue weighted by Gasteiger charge is -2.29. The van der Waals surface area contributed by atoms with Crippen molar-refractivity contribution in [3.63, 3.8) is 0 Å². The normalized spacial score (nSPS) is 21.5. The van der Waals surface area contributed by atoms with Gasteiger partial charge in [0.25, 0.3) is 10.0 Å². The standard InChI is InChI=1S/C12H17NO4S2/c1-8-6-9(2)18-12(8)19(16,17)13-5-3-4-10(7-13)11(14)15/h6,10H,3-5,7H2,1-2H3,(H,14,15). The van der Waals surface area contributed by atoms with Crippen LogP contribution in [0.4, 0.5) is 0 Å². The molecule has 1 N–H and O–H groups in total. The Morgan fingerprint density at radius 2 is 2.16 bits per heavy atom. The molecule has 1 saturated heterocycles. The van der Waals surface area contributed by atoms with Crippen molar-refractivity contribution in [3.8, 4) is 0 Å². The summed E-state index contributed by atoms with van der Waals surface area (Å²) in [6, 6.07) is 1.84. The van der Waals surface area contributed by atoms with Crippen LogP contribution in [0.5, 0.6) is 0 Å². The second-order valence-corrected chi connectivity index (χ2v) is 8.26. The lowest BCUT2D eigenvalue weighted by Crippen LogP contribution is -2.42. The van der Waals surface area contributed by atoms with E-state index in [2.05, 4.69) is 0 Å². The van der Waals surface area contributed by atoms with E-state index < -0.39 is 21.9 Å². The zero-order valence-corrected chi connectivity index (χ0v) is 12.6. The summed E-state index contributed by atoms with van der Waals surface area (Å²) in [5.74, 6) is -1.51. The average Bonchev–Trinajstić information content (AvgIpc) is 2.69. The molecule has 2 heterocycles. The van der Waals surface area contributed by atoms with E-state index in [0.29, 0.717) is 23.6 Å². The Bertz CT molecular complexity index is 591. The molecule has 1 aromatic rings. The van der Waals surface area contributed by atoms with Gasteiger partial charge >= 0.3 is 5.97 Å². The third kappa shape index (κ3) is 2.82.